The minimum atomic E-state index is -0.309. The number of hydrogen-bond donors (Lipinski definition) is 0. The van der Waals surface area contributed by atoms with Gasteiger partial charge < -0.3 is 14.2 Å². The Bertz CT molecular complexity index is 692. The van der Waals surface area contributed by atoms with Crippen molar-refractivity contribution in [3.8, 4) is 11.5 Å². The molecular weight excluding hydrogens is 328 g/mol. The lowest BCUT2D eigenvalue weighted by molar-refractivity contribution is 0.0600. The summed E-state index contributed by atoms with van der Waals surface area (Å²) in [5.41, 5.74) is 2.94. The lowest BCUT2D eigenvalue weighted by atomic mass is 10.0. The van der Waals surface area contributed by atoms with Gasteiger partial charge in [-0.1, -0.05) is 38.0 Å². The number of rotatable bonds is 10. The normalized spacial score (nSPS) is 10.4. The number of benzene rings is 2. The van der Waals surface area contributed by atoms with Gasteiger partial charge in [-0.15, -0.1) is 0 Å². The average Bonchev–Trinajstić information content (AvgIpc) is 2.69. The van der Waals surface area contributed by atoms with Gasteiger partial charge in [0.05, 0.1) is 26.4 Å². The largest absolute Gasteiger partial charge is 0.493 e. The number of methoxy groups -OCH3 is 2. The monoisotopic (exact) mass is 356 g/mol. The van der Waals surface area contributed by atoms with Crippen LogP contribution in [0.1, 0.15) is 47.7 Å². The second-order valence-corrected chi connectivity index (χ2v) is 6.23. The van der Waals surface area contributed by atoms with Gasteiger partial charge in [-0.25, -0.2) is 4.79 Å². The number of ether oxygens (including phenoxy) is 3. The lowest BCUT2D eigenvalue weighted by Gasteiger charge is -2.12. The number of esters is 1. The maximum absolute atomic E-state index is 11.5. The van der Waals surface area contributed by atoms with E-state index >= 15 is 0 Å². The first-order valence-electron chi connectivity index (χ1n) is 9.15. The molecule has 0 radical (unpaired) electrons. The molecule has 0 heterocycles. The van der Waals surface area contributed by atoms with Crippen LogP contribution in [0.3, 0.4) is 0 Å². The molecule has 0 unspecified atom stereocenters. The number of aryl methyl sites for hydroxylation is 2. The van der Waals surface area contributed by atoms with Gasteiger partial charge in [0.1, 0.15) is 0 Å². The van der Waals surface area contributed by atoms with Crippen LogP contribution in [0.4, 0.5) is 0 Å². The van der Waals surface area contributed by atoms with Crippen molar-refractivity contribution >= 4 is 5.97 Å². The van der Waals surface area contributed by atoms with Gasteiger partial charge in [0, 0.05) is 0 Å². The predicted octanol–water partition coefficient (Wildman–Crippen LogP) is 4.84. The van der Waals surface area contributed by atoms with Crippen LogP contribution in [0, 0.1) is 0 Å². The molecule has 0 aliphatic heterocycles. The van der Waals surface area contributed by atoms with Gasteiger partial charge in [0.15, 0.2) is 11.5 Å². The van der Waals surface area contributed by atoms with Crippen LogP contribution < -0.4 is 9.47 Å². The Morgan fingerprint density at radius 1 is 0.885 bits per heavy atom. The summed E-state index contributed by atoms with van der Waals surface area (Å²) in [6.45, 7) is 2.90. The van der Waals surface area contributed by atoms with E-state index in [4.69, 9.17) is 14.2 Å². The maximum Gasteiger partial charge on any atom is 0.337 e. The standard InChI is InChI=1S/C22H28O4/c1-4-5-6-15-26-20-14-11-18(16-21(20)24-2)8-7-17-9-12-19(13-10-17)22(23)25-3/h9-14,16H,4-8,15H2,1-3H3. The zero-order valence-corrected chi connectivity index (χ0v) is 15.9. The molecule has 0 spiro atoms. The second kappa shape index (κ2) is 10.5. The van der Waals surface area contributed by atoms with Gasteiger partial charge in [-0.3, -0.25) is 0 Å². The molecule has 4 heteroatoms. The van der Waals surface area contributed by atoms with Crippen molar-refractivity contribution < 1.29 is 19.0 Å². The van der Waals surface area contributed by atoms with Crippen molar-refractivity contribution in [3.63, 3.8) is 0 Å². The maximum atomic E-state index is 11.5. The van der Waals surface area contributed by atoms with Crippen LogP contribution in [0.5, 0.6) is 11.5 Å². The summed E-state index contributed by atoms with van der Waals surface area (Å²) >= 11 is 0. The van der Waals surface area contributed by atoms with Crippen LogP contribution in [-0.4, -0.2) is 26.8 Å². The molecule has 2 aromatic carbocycles. The minimum absolute atomic E-state index is 0.309. The van der Waals surface area contributed by atoms with E-state index in [9.17, 15) is 4.79 Å². The smallest absolute Gasteiger partial charge is 0.337 e. The molecule has 0 aromatic heterocycles. The summed E-state index contributed by atoms with van der Waals surface area (Å²) in [5, 5.41) is 0. The molecular formula is C22H28O4. The first kappa shape index (κ1) is 19.8. The van der Waals surface area contributed by atoms with Gasteiger partial charge in [-0.2, -0.15) is 0 Å². The molecule has 0 amide bonds. The molecule has 0 saturated heterocycles. The first-order valence-corrected chi connectivity index (χ1v) is 9.15. The van der Waals surface area contributed by atoms with Crippen molar-refractivity contribution in [2.45, 2.75) is 39.0 Å². The third kappa shape index (κ3) is 5.80. The van der Waals surface area contributed by atoms with Crippen LogP contribution in [0.2, 0.25) is 0 Å². The fraction of sp³-hybridized carbons (Fsp3) is 0.409. The number of carbonyl (C=O) groups is 1. The summed E-state index contributed by atoms with van der Waals surface area (Å²) < 4.78 is 16.0. The molecule has 140 valence electrons. The molecule has 0 bridgehead atoms. The van der Waals surface area contributed by atoms with Gasteiger partial charge in [0.25, 0.3) is 0 Å². The van der Waals surface area contributed by atoms with E-state index in [0.717, 1.165) is 37.4 Å². The number of carbonyl (C=O) groups excluding carboxylic acids is 1. The van der Waals surface area contributed by atoms with E-state index in [1.165, 1.54) is 31.1 Å². The Labute approximate surface area is 156 Å². The molecule has 2 aromatic rings. The van der Waals surface area contributed by atoms with Gasteiger partial charge in [-0.05, 0) is 54.7 Å². The molecule has 0 N–H and O–H groups in total. The highest BCUT2D eigenvalue weighted by Gasteiger charge is 2.07. The fourth-order valence-electron chi connectivity index (χ4n) is 2.73. The van der Waals surface area contributed by atoms with Crippen molar-refractivity contribution in [2.75, 3.05) is 20.8 Å². The zero-order chi connectivity index (χ0) is 18.8. The summed E-state index contributed by atoms with van der Waals surface area (Å²) in [5.74, 6) is 1.27. The first-order chi connectivity index (χ1) is 12.7. The Morgan fingerprint density at radius 3 is 2.23 bits per heavy atom. The predicted molar refractivity (Wildman–Crippen MR) is 103 cm³/mol. The zero-order valence-electron chi connectivity index (χ0n) is 15.9. The molecule has 26 heavy (non-hydrogen) atoms. The van der Waals surface area contributed by atoms with Gasteiger partial charge >= 0.3 is 5.97 Å². The summed E-state index contributed by atoms with van der Waals surface area (Å²) in [6, 6.07) is 13.6. The Hall–Kier alpha value is -2.49. The Balaban J connectivity index is 1.93. The van der Waals surface area contributed by atoms with E-state index in [-0.39, 0.29) is 5.97 Å². The van der Waals surface area contributed by atoms with E-state index < -0.39 is 0 Å². The minimum Gasteiger partial charge on any atom is -0.493 e. The highest BCUT2D eigenvalue weighted by molar-refractivity contribution is 5.89. The van der Waals surface area contributed by atoms with Crippen molar-refractivity contribution in [1.82, 2.24) is 0 Å². The molecule has 4 nitrogen and oxygen atoms in total. The topological polar surface area (TPSA) is 44.8 Å². The Kier molecular flexibility index (Phi) is 8.00. The average molecular weight is 356 g/mol. The van der Waals surface area contributed by atoms with Crippen molar-refractivity contribution in [1.29, 1.82) is 0 Å². The van der Waals surface area contributed by atoms with Crippen LogP contribution in [0.25, 0.3) is 0 Å². The molecule has 0 aliphatic rings. The summed E-state index contributed by atoms with van der Waals surface area (Å²) in [7, 11) is 3.06. The van der Waals surface area contributed by atoms with E-state index in [2.05, 4.69) is 13.0 Å². The highest BCUT2D eigenvalue weighted by Crippen LogP contribution is 2.29. The fourth-order valence-corrected chi connectivity index (χ4v) is 2.73. The van der Waals surface area contributed by atoms with E-state index in [1.807, 2.05) is 24.3 Å². The number of hydrogen-bond acceptors (Lipinski definition) is 4. The number of unbranched alkanes of at least 4 members (excludes halogenated alkanes) is 2. The molecule has 0 aliphatic carbocycles. The third-order valence-electron chi connectivity index (χ3n) is 4.31. The van der Waals surface area contributed by atoms with Crippen molar-refractivity contribution in [2.24, 2.45) is 0 Å². The molecule has 0 saturated carbocycles. The van der Waals surface area contributed by atoms with Crippen molar-refractivity contribution in [3.05, 3.63) is 59.2 Å². The third-order valence-corrected chi connectivity index (χ3v) is 4.31. The highest BCUT2D eigenvalue weighted by atomic mass is 16.5. The Morgan fingerprint density at radius 2 is 1.58 bits per heavy atom. The van der Waals surface area contributed by atoms with Crippen LogP contribution in [0.15, 0.2) is 42.5 Å². The lowest BCUT2D eigenvalue weighted by Crippen LogP contribution is -2.01. The van der Waals surface area contributed by atoms with Crippen LogP contribution in [-0.2, 0) is 17.6 Å². The van der Waals surface area contributed by atoms with E-state index in [0.29, 0.717) is 5.56 Å². The second-order valence-electron chi connectivity index (χ2n) is 6.23. The SMILES string of the molecule is CCCCCOc1ccc(CCc2ccc(C(=O)OC)cc2)cc1OC. The molecule has 0 fully saturated rings. The van der Waals surface area contributed by atoms with Crippen LogP contribution >= 0.6 is 0 Å². The summed E-state index contributed by atoms with van der Waals surface area (Å²) in [4.78, 5) is 11.5. The summed E-state index contributed by atoms with van der Waals surface area (Å²) in [6.07, 6.45) is 5.20. The van der Waals surface area contributed by atoms with Gasteiger partial charge in [0.2, 0.25) is 0 Å². The van der Waals surface area contributed by atoms with E-state index in [1.54, 1.807) is 19.2 Å². The quantitative estimate of drug-likeness (QED) is 0.451. The molecule has 0 atom stereocenters. The molecule has 2 rings (SSSR count).